The van der Waals surface area contributed by atoms with Crippen LogP contribution in [-0.4, -0.2) is 23.1 Å². The van der Waals surface area contributed by atoms with E-state index in [0.29, 0.717) is 11.2 Å². The van der Waals surface area contributed by atoms with E-state index >= 15 is 0 Å². The molecule has 1 rings (SSSR count). The molecule has 0 aliphatic carbocycles. The minimum Gasteiger partial charge on any atom is -0.357 e. The van der Waals surface area contributed by atoms with Crippen LogP contribution >= 0.6 is 11.6 Å². The predicted octanol–water partition coefficient (Wildman–Crippen LogP) is 3.24. The van der Waals surface area contributed by atoms with Crippen LogP contribution in [0.25, 0.3) is 0 Å². The normalized spacial score (nSPS) is 10.9. The number of hydrogen-bond donors (Lipinski definition) is 0. The van der Waals surface area contributed by atoms with E-state index in [1.807, 2.05) is 14.0 Å². The molecular weight excluding hydrogens is 222 g/mol. The van der Waals surface area contributed by atoms with Gasteiger partial charge in [0.25, 0.3) is 0 Å². The van der Waals surface area contributed by atoms with Crippen LogP contribution in [0.4, 0.5) is 5.82 Å². The van der Waals surface area contributed by atoms with E-state index < -0.39 is 0 Å². The molecule has 0 saturated heterocycles. The van der Waals surface area contributed by atoms with Crippen molar-refractivity contribution in [1.82, 2.24) is 9.97 Å². The molecule has 0 aliphatic rings. The van der Waals surface area contributed by atoms with Gasteiger partial charge < -0.3 is 4.90 Å². The van der Waals surface area contributed by atoms with Crippen molar-refractivity contribution in [3.8, 4) is 0 Å². The number of rotatable bonds is 4. The summed E-state index contributed by atoms with van der Waals surface area (Å²) in [5.74, 6) is 1.78. The van der Waals surface area contributed by atoms with Gasteiger partial charge in [0.15, 0.2) is 0 Å². The Hall–Kier alpha value is -0.830. The number of aryl methyl sites for hydroxylation is 1. The van der Waals surface area contributed by atoms with Gasteiger partial charge in [0.05, 0.1) is 0 Å². The summed E-state index contributed by atoms with van der Waals surface area (Å²) in [6.45, 7) is 8.35. The Morgan fingerprint density at radius 3 is 2.44 bits per heavy atom. The fourth-order valence-electron chi connectivity index (χ4n) is 1.44. The summed E-state index contributed by atoms with van der Waals surface area (Å²) in [4.78, 5) is 11.0. The second kappa shape index (κ2) is 5.48. The molecule has 1 heterocycles. The summed E-state index contributed by atoms with van der Waals surface area (Å²) in [7, 11) is 2.03. The molecule has 1 aromatic rings. The summed E-state index contributed by atoms with van der Waals surface area (Å²) < 4.78 is 0. The maximum Gasteiger partial charge on any atom is 0.137 e. The van der Waals surface area contributed by atoms with Gasteiger partial charge in [-0.2, -0.15) is 0 Å². The van der Waals surface area contributed by atoms with Gasteiger partial charge in [0.1, 0.15) is 16.8 Å². The Morgan fingerprint density at radius 2 is 1.94 bits per heavy atom. The van der Waals surface area contributed by atoms with E-state index in [4.69, 9.17) is 11.6 Å². The first-order valence-electron chi connectivity index (χ1n) is 5.73. The van der Waals surface area contributed by atoms with Gasteiger partial charge in [0, 0.05) is 25.1 Å². The molecule has 90 valence electrons. The third kappa shape index (κ3) is 2.85. The summed E-state index contributed by atoms with van der Waals surface area (Å²) in [5, 5.41) is 0.570. The van der Waals surface area contributed by atoms with E-state index in [0.717, 1.165) is 30.0 Å². The highest BCUT2D eigenvalue weighted by molar-refractivity contribution is 6.30. The van der Waals surface area contributed by atoms with E-state index in [9.17, 15) is 0 Å². The second-order valence-corrected chi connectivity index (χ2v) is 4.69. The minimum absolute atomic E-state index is 0.402. The van der Waals surface area contributed by atoms with Crippen molar-refractivity contribution < 1.29 is 0 Å². The maximum atomic E-state index is 6.13. The van der Waals surface area contributed by atoms with Gasteiger partial charge in [-0.15, -0.1) is 0 Å². The zero-order chi connectivity index (χ0) is 12.3. The first-order chi connectivity index (χ1) is 7.47. The lowest BCUT2D eigenvalue weighted by atomic mass is 10.2. The second-order valence-electron chi connectivity index (χ2n) is 4.33. The Kier molecular flexibility index (Phi) is 4.54. The predicted molar refractivity (Wildman–Crippen MR) is 69.3 cm³/mol. The zero-order valence-corrected chi connectivity index (χ0v) is 11.5. The Balaban J connectivity index is 3.15. The minimum atomic E-state index is 0.402. The van der Waals surface area contributed by atoms with Gasteiger partial charge >= 0.3 is 0 Å². The summed E-state index contributed by atoms with van der Waals surface area (Å²) in [6, 6.07) is 0.402. The highest BCUT2D eigenvalue weighted by Gasteiger charge is 2.14. The molecule has 0 aliphatic heterocycles. The van der Waals surface area contributed by atoms with Crippen LogP contribution in [0.3, 0.4) is 0 Å². The zero-order valence-electron chi connectivity index (χ0n) is 10.7. The van der Waals surface area contributed by atoms with Gasteiger partial charge in [-0.05, 0) is 27.2 Å². The monoisotopic (exact) mass is 241 g/mol. The molecule has 0 aromatic carbocycles. The van der Waals surface area contributed by atoms with Crippen LogP contribution in [0.15, 0.2) is 0 Å². The maximum absolute atomic E-state index is 6.13. The molecule has 0 bridgehead atoms. The lowest BCUT2D eigenvalue weighted by Crippen LogP contribution is -2.28. The van der Waals surface area contributed by atoms with Crippen LogP contribution < -0.4 is 4.90 Å². The highest BCUT2D eigenvalue weighted by Crippen LogP contribution is 2.24. The summed E-state index contributed by atoms with van der Waals surface area (Å²) >= 11 is 6.13. The van der Waals surface area contributed by atoms with E-state index in [1.165, 1.54) is 0 Å². The van der Waals surface area contributed by atoms with Crippen LogP contribution in [-0.2, 0) is 6.42 Å². The smallest absolute Gasteiger partial charge is 0.137 e. The highest BCUT2D eigenvalue weighted by atomic mass is 35.5. The topological polar surface area (TPSA) is 29.0 Å². The molecule has 3 nitrogen and oxygen atoms in total. The third-order valence-corrected chi connectivity index (χ3v) is 3.06. The number of halogens is 1. The average Bonchev–Trinajstić information content (AvgIpc) is 2.22. The van der Waals surface area contributed by atoms with E-state index in [-0.39, 0.29) is 0 Å². The summed E-state index contributed by atoms with van der Waals surface area (Å²) in [5.41, 5.74) is 0.956. The first kappa shape index (κ1) is 13.2. The van der Waals surface area contributed by atoms with E-state index in [1.54, 1.807) is 0 Å². The SMILES string of the molecule is CCCc1nc(Cl)c(C)c(N(C)C(C)C)n1. The number of anilines is 1. The van der Waals surface area contributed by atoms with Crippen molar-refractivity contribution in [3.05, 3.63) is 16.5 Å². The standard InChI is InChI=1S/C12H20ClN3/c1-6-7-10-14-11(13)9(4)12(15-10)16(5)8(2)3/h8H,6-7H2,1-5H3. The van der Waals surface area contributed by atoms with Crippen molar-refractivity contribution in [3.63, 3.8) is 0 Å². The Labute approximate surface area is 103 Å². The van der Waals surface area contributed by atoms with Gasteiger partial charge in [0.2, 0.25) is 0 Å². The molecule has 0 unspecified atom stereocenters. The number of hydrogen-bond acceptors (Lipinski definition) is 3. The fourth-order valence-corrected chi connectivity index (χ4v) is 1.63. The molecule has 0 atom stereocenters. The van der Waals surface area contributed by atoms with Gasteiger partial charge in [-0.1, -0.05) is 18.5 Å². The van der Waals surface area contributed by atoms with Crippen LogP contribution in [0.1, 0.15) is 38.6 Å². The molecular formula is C12H20ClN3. The number of aromatic nitrogens is 2. The molecule has 0 spiro atoms. The Bertz CT molecular complexity index is 364. The fraction of sp³-hybridized carbons (Fsp3) is 0.667. The lowest BCUT2D eigenvalue weighted by Gasteiger charge is -2.24. The molecule has 16 heavy (non-hydrogen) atoms. The van der Waals surface area contributed by atoms with Crippen molar-refractivity contribution in [2.45, 2.75) is 46.6 Å². The van der Waals surface area contributed by atoms with Crippen LogP contribution in [0.2, 0.25) is 5.15 Å². The van der Waals surface area contributed by atoms with Crippen molar-refractivity contribution in [2.75, 3.05) is 11.9 Å². The molecule has 4 heteroatoms. The average molecular weight is 242 g/mol. The molecule has 0 N–H and O–H groups in total. The van der Waals surface area contributed by atoms with Crippen LogP contribution in [0.5, 0.6) is 0 Å². The molecule has 0 fully saturated rings. The first-order valence-corrected chi connectivity index (χ1v) is 6.11. The lowest BCUT2D eigenvalue weighted by molar-refractivity contribution is 0.727. The molecule has 1 aromatic heterocycles. The van der Waals surface area contributed by atoms with Crippen molar-refractivity contribution in [2.24, 2.45) is 0 Å². The third-order valence-electron chi connectivity index (χ3n) is 2.69. The van der Waals surface area contributed by atoms with Gasteiger partial charge in [-0.25, -0.2) is 9.97 Å². The van der Waals surface area contributed by atoms with E-state index in [2.05, 4.69) is 35.6 Å². The molecule has 0 radical (unpaired) electrons. The number of nitrogens with zero attached hydrogens (tertiary/aromatic N) is 3. The van der Waals surface area contributed by atoms with Crippen molar-refractivity contribution in [1.29, 1.82) is 0 Å². The van der Waals surface area contributed by atoms with Crippen molar-refractivity contribution >= 4 is 17.4 Å². The van der Waals surface area contributed by atoms with Gasteiger partial charge in [-0.3, -0.25) is 0 Å². The quantitative estimate of drug-likeness (QED) is 0.758. The summed E-state index contributed by atoms with van der Waals surface area (Å²) in [6.07, 6.45) is 1.91. The molecule has 0 saturated carbocycles. The molecule has 0 amide bonds. The van der Waals surface area contributed by atoms with Crippen LogP contribution in [0, 0.1) is 6.92 Å². The Morgan fingerprint density at radius 1 is 1.31 bits per heavy atom. The largest absolute Gasteiger partial charge is 0.357 e.